The number of nitrogens with one attached hydrogen (secondary N) is 3. The Labute approximate surface area is 673 Å². The van der Waals surface area contributed by atoms with Crippen LogP contribution in [0.15, 0.2) is 0 Å². The van der Waals surface area contributed by atoms with Crippen molar-refractivity contribution in [3.8, 4) is 0 Å². The normalized spacial score (nSPS) is 50.7. The van der Waals surface area contributed by atoms with Crippen molar-refractivity contribution in [2.24, 2.45) is 0 Å². The molecule has 0 aromatic rings. The molecule has 0 bridgehead atoms. The first-order chi connectivity index (χ1) is 56.3. The molecule has 53 nitrogen and oxygen atoms in total. The van der Waals surface area contributed by atoms with Gasteiger partial charge in [0, 0.05) is 20.8 Å². The molecule has 10 aliphatic heterocycles. The molecule has 10 heterocycles. The van der Waals surface area contributed by atoms with Gasteiger partial charge in [0.15, 0.2) is 62.9 Å². The number of carbonyl (C=O) groups is 3. The smallest absolute Gasteiger partial charge is 0.217 e. The largest absolute Gasteiger partial charge is 0.394 e. The highest BCUT2D eigenvalue weighted by molar-refractivity contribution is 5.74. The quantitative estimate of drug-likeness (QED) is 0.0318. The number of hydrogen-bond acceptors (Lipinski definition) is 50. The van der Waals surface area contributed by atoms with Gasteiger partial charge in [0.25, 0.3) is 0 Å². The van der Waals surface area contributed by atoms with Gasteiger partial charge in [0.1, 0.15) is 238 Å². The molecule has 0 spiro atoms. The number of amides is 3. The van der Waals surface area contributed by atoms with Gasteiger partial charge in [0.2, 0.25) is 17.7 Å². The molecule has 0 saturated carbocycles. The molecule has 10 fully saturated rings. The van der Waals surface area contributed by atoms with Crippen molar-refractivity contribution in [3.05, 3.63) is 0 Å². The zero-order chi connectivity index (χ0) is 87.5. The Morgan fingerprint density at radius 2 is 0.504 bits per heavy atom. The average molecular weight is 1750 g/mol. The van der Waals surface area contributed by atoms with E-state index < -0.39 is 384 Å². The standard InChI is InChI=1S/C66H111N3O50/c1-14-30(80)40(90)45(95)60(103-14)102-13-26-52(37(87)27(57(100)104-26)67-15(2)77)113-58-28(68-16(3)78)38(88)51(24(11-76)110-58)115-64-49(99)54(117-65-55(43(93)33(83)20(7-72)108-65)118-59-29(69-17(4)79)39(89)50(23(10-75)111-59)114-62-46(96)41(91)31(81)18(5-70)106-62)36(86)25(112-64)12-101-61-48(98)53(35(85)22(9-74)105-61)116-66-56(44(94)34(84)21(8-73)109-66)119-63-47(97)42(92)32(82)19(6-71)107-63/h14,18-66,70-76,80-100H,5-13H2,1-4H3,(H,67,77)(H,68,78)(H,69,79)/t14-,18+,19+,20+,21+,22+,23+,24+,25+,26+,27+,28+,29+,30+,31-,32+,33+,34+,35+,36+,37+,38+,39+,40+,41-,42-,43-,44-,45-,46+,47-,48-,49-,50+,51+,52+,53-,54-,55-,56-,57?,58-,59-,60+,61-,62-,63+,64-,65+,66+/m0/s1. The van der Waals surface area contributed by atoms with Crippen LogP contribution in [0, 0.1) is 0 Å². The van der Waals surface area contributed by atoms with Crippen LogP contribution in [0.1, 0.15) is 27.7 Å². The molecule has 0 aliphatic carbocycles. The van der Waals surface area contributed by atoms with Crippen molar-refractivity contribution in [2.45, 2.75) is 335 Å². The van der Waals surface area contributed by atoms with Crippen molar-refractivity contribution in [1.82, 2.24) is 16.0 Å². The second-order valence-corrected chi connectivity index (χ2v) is 30.3. The number of carbonyl (C=O) groups excluding carboxylic acids is 3. The van der Waals surface area contributed by atoms with Gasteiger partial charge in [-0.05, 0) is 6.92 Å². The van der Waals surface area contributed by atoms with Crippen LogP contribution in [0.2, 0.25) is 0 Å². The van der Waals surface area contributed by atoms with Crippen LogP contribution >= 0.6 is 0 Å². The maximum absolute atomic E-state index is 13.2. The zero-order valence-electron chi connectivity index (χ0n) is 63.7. The van der Waals surface area contributed by atoms with E-state index in [1.807, 2.05) is 0 Å². The van der Waals surface area contributed by atoms with Crippen molar-refractivity contribution in [2.75, 3.05) is 59.5 Å². The minimum absolute atomic E-state index is 0.842. The van der Waals surface area contributed by atoms with E-state index >= 15 is 0 Å². The Kier molecular flexibility index (Phi) is 34.8. The first-order valence-corrected chi connectivity index (χ1v) is 38.0. The van der Waals surface area contributed by atoms with Gasteiger partial charge < -0.3 is 249 Å². The van der Waals surface area contributed by atoms with Crippen LogP contribution in [0.5, 0.6) is 0 Å². The Hall–Kier alpha value is -3.47. The summed E-state index contributed by atoms with van der Waals surface area (Å²) in [7, 11) is 0. The number of aliphatic hydroxyl groups is 28. The third-order valence-corrected chi connectivity index (χ3v) is 22.0. The molecule has 31 N–H and O–H groups in total. The second-order valence-electron chi connectivity index (χ2n) is 30.3. The van der Waals surface area contributed by atoms with E-state index in [9.17, 15) is 157 Å². The molecular weight excluding hydrogens is 1630 g/mol. The van der Waals surface area contributed by atoms with Crippen molar-refractivity contribution >= 4 is 17.7 Å². The Morgan fingerprint density at radius 3 is 0.924 bits per heavy atom. The predicted octanol–water partition coefficient (Wildman–Crippen LogP) is -21.3. The van der Waals surface area contributed by atoms with E-state index in [0.717, 1.165) is 20.8 Å². The summed E-state index contributed by atoms with van der Waals surface area (Å²) in [5.41, 5.74) is 0. The summed E-state index contributed by atoms with van der Waals surface area (Å²) in [6.07, 6.45) is -97.8. The van der Waals surface area contributed by atoms with Crippen molar-refractivity contribution in [1.29, 1.82) is 0 Å². The van der Waals surface area contributed by atoms with Gasteiger partial charge in [0.05, 0.1) is 65.6 Å². The topological polar surface area (TPSA) is 829 Å². The summed E-state index contributed by atoms with van der Waals surface area (Å²) < 4.78 is 112. The van der Waals surface area contributed by atoms with Crippen LogP contribution in [0.25, 0.3) is 0 Å². The third-order valence-electron chi connectivity index (χ3n) is 22.0. The molecule has 690 valence electrons. The molecule has 10 aliphatic rings. The van der Waals surface area contributed by atoms with Crippen LogP contribution < -0.4 is 16.0 Å². The monoisotopic (exact) mass is 1750 g/mol. The first kappa shape index (κ1) is 97.7. The fraction of sp³-hybridized carbons (Fsp3) is 0.955. The lowest BCUT2D eigenvalue weighted by Crippen LogP contribution is -2.71. The maximum atomic E-state index is 13.2. The maximum Gasteiger partial charge on any atom is 0.217 e. The molecule has 10 saturated heterocycles. The van der Waals surface area contributed by atoms with Gasteiger partial charge in [-0.2, -0.15) is 0 Å². The molecule has 1 unspecified atom stereocenters. The van der Waals surface area contributed by atoms with Crippen molar-refractivity contribution < 1.29 is 247 Å². The SMILES string of the molecule is CC(=O)N[C@H]1[C@H](O[C@H]2[C@H](O)[C@@H](NC(C)=O)C(O)O[C@@H]2CO[C@@H]2O[C@@H](C)[C@@H](O)[C@@H](O)[C@@H]2O)O[C@H](CO)[C@@H](O[C@@H]2O[C@H](CO[C@H]3O[C@H](CO)[C@@H](O)[C@H](O[C@H]4O[C@H](CO)[C@@H](O)[C@H](O)[C@@H]4O[C@H]4O[C@H](CO)[C@@H](O)[C@H](O)[C@@H]4O)[C@@H]3O)[C@@H](O)[C@H](O[C@H]3O[C@H](CO)[C@@H](O)[C@H](O)[C@@H]3O[C@@H]3O[C@H](CO)[C@@H](O[C@@H]4O[C@H](CO)[C@H](O)[C@H](O)[C@H]4O)[C@H](O)[C@H]3NC(C)=O)[C@@H]2O)[C@@H]1O. The zero-order valence-corrected chi connectivity index (χ0v) is 63.7. The van der Waals surface area contributed by atoms with Crippen LogP contribution in [-0.2, 0) is 104 Å². The highest BCUT2D eigenvalue weighted by Gasteiger charge is 2.62. The molecule has 0 aromatic carbocycles. The fourth-order valence-electron chi connectivity index (χ4n) is 15.4. The Bertz CT molecular complexity index is 3160. The Morgan fingerprint density at radius 1 is 0.235 bits per heavy atom. The van der Waals surface area contributed by atoms with Gasteiger partial charge in [-0.25, -0.2) is 0 Å². The van der Waals surface area contributed by atoms with Gasteiger partial charge in [-0.3, -0.25) is 14.4 Å². The van der Waals surface area contributed by atoms with E-state index in [1.54, 1.807) is 0 Å². The molecule has 0 radical (unpaired) electrons. The Balaban J connectivity index is 0.969. The van der Waals surface area contributed by atoms with E-state index in [1.165, 1.54) is 6.92 Å². The highest BCUT2D eigenvalue weighted by Crippen LogP contribution is 2.41. The van der Waals surface area contributed by atoms with Crippen molar-refractivity contribution in [3.63, 3.8) is 0 Å². The first-order valence-electron chi connectivity index (χ1n) is 38.0. The predicted molar refractivity (Wildman–Crippen MR) is 363 cm³/mol. The molecule has 3 amide bonds. The average Bonchev–Trinajstić information content (AvgIpc) is 0.769. The molecule has 10 rings (SSSR count). The minimum Gasteiger partial charge on any atom is -0.394 e. The van der Waals surface area contributed by atoms with Crippen LogP contribution in [0.4, 0.5) is 0 Å². The number of rotatable bonds is 30. The fourth-order valence-corrected chi connectivity index (χ4v) is 15.4. The molecule has 119 heavy (non-hydrogen) atoms. The lowest BCUT2D eigenvalue weighted by atomic mass is 9.93. The van der Waals surface area contributed by atoms with E-state index in [0.29, 0.717) is 0 Å². The van der Waals surface area contributed by atoms with Gasteiger partial charge >= 0.3 is 0 Å². The molecule has 53 heteroatoms. The summed E-state index contributed by atoms with van der Waals surface area (Å²) in [5, 5.41) is 318. The van der Waals surface area contributed by atoms with E-state index in [4.69, 9.17) is 90.0 Å². The van der Waals surface area contributed by atoms with Crippen LogP contribution in [-0.4, -0.2) is 527 Å². The second kappa shape index (κ2) is 42.4. The number of ether oxygens (including phenoxy) is 19. The summed E-state index contributed by atoms with van der Waals surface area (Å²) in [6.45, 7) is -5.75. The van der Waals surface area contributed by atoms with Crippen LogP contribution in [0.3, 0.4) is 0 Å². The molecule has 0 aromatic heterocycles. The molecular formula is C66H111N3O50. The molecule has 50 atom stereocenters. The summed E-state index contributed by atoms with van der Waals surface area (Å²) in [6, 6.07) is -5.74. The van der Waals surface area contributed by atoms with E-state index in [-0.39, 0.29) is 0 Å². The highest BCUT2D eigenvalue weighted by atomic mass is 16.8. The third kappa shape index (κ3) is 21.4. The summed E-state index contributed by atoms with van der Waals surface area (Å²) in [4.78, 5) is 38.6. The van der Waals surface area contributed by atoms with E-state index in [2.05, 4.69) is 16.0 Å². The summed E-state index contributed by atoms with van der Waals surface area (Å²) >= 11 is 0. The number of aliphatic hydroxyl groups excluding tert-OH is 28. The minimum atomic E-state index is -2.61. The summed E-state index contributed by atoms with van der Waals surface area (Å²) in [5.74, 6) is -2.80. The lowest BCUT2D eigenvalue weighted by molar-refractivity contribution is -0.400. The number of hydrogen-bond donors (Lipinski definition) is 31. The van der Waals surface area contributed by atoms with Gasteiger partial charge in [-0.1, -0.05) is 0 Å². The lowest BCUT2D eigenvalue weighted by Gasteiger charge is -2.51. The van der Waals surface area contributed by atoms with Gasteiger partial charge in [-0.15, -0.1) is 0 Å².